The van der Waals surface area contributed by atoms with E-state index in [0.29, 0.717) is 17.9 Å². The maximum atomic E-state index is 11.8. The van der Waals surface area contributed by atoms with Crippen molar-refractivity contribution in [3.05, 3.63) is 59.0 Å². The number of hydrogen-bond acceptors (Lipinski definition) is 4. The highest BCUT2D eigenvalue weighted by Gasteiger charge is 2.26. The van der Waals surface area contributed by atoms with Crippen LogP contribution in [-0.4, -0.2) is 19.0 Å². The van der Waals surface area contributed by atoms with Gasteiger partial charge < -0.3 is 14.8 Å². The van der Waals surface area contributed by atoms with E-state index in [0.717, 1.165) is 5.56 Å². The molecular weight excluding hydrogens is 258 g/mol. The lowest BCUT2D eigenvalue weighted by molar-refractivity contribution is -0.134. The van der Waals surface area contributed by atoms with Crippen LogP contribution in [0.3, 0.4) is 0 Å². The lowest BCUT2D eigenvalue weighted by Crippen LogP contribution is -2.18. The van der Waals surface area contributed by atoms with E-state index in [1.807, 2.05) is 30.3 Å². The number of nitrogens with one attached hydrogen (secondary N) is 1. The summed E-state index contributed by atoms with van der Waals surface area (Å²) in [4.78, 5) is 23.0. The van der Waals surface area contributed by atoms with Gasteiger partial charge in [0, 0.05) is 11.6 Å². The third-order valence-corrected chi connectivity index (χ3v) is 2.89. The SMILES string of the molecule is COC(=O)/C=C1\NC(=O)C(OCc2ccccc2)=C1C. The van der Waals surface area contributed by atoms with Gasteiger partial charge in [0.15, 0.2) is 5.76 Å². The molecule has 1 aromatic carbocycles. The van der Waals surface area contributed by atoms with Crippen molar-refractivity contribution >= 4 is 11.9 Å². The minimum absolute atomic E-state index is 0.226. The van der Waals surface area contributed by atoms with Gasteiger partial charge in [-0.2, -0.15) is 0 Å². The molecule has 0 bridgehead atoms. The molecule has 1 amide bonds. The summed E-state index contributed by atoms with van der Waals surface area (Å²) in [5.74, 6) is -0.651. The van der Waals surface area contributed by atoms with E-state index in [9.17, 15) is 9.59 Å². The molecule has 0 unspecified atom stereocenters. The third-order valence-electron chi connectivity index (χ3n) is 2.89. The first-order valence-electron chi connectivity index (χ1n) is 6.11. The normalized spacial score (nSPS) is 16.3. The zero-order valence-corrected chi connectivity index (χ0v) is 11.3. The van der Waals surface area contributed by atoms with Crippen LogP contribution in [0.4, 0.5) is 0 Å². The van der Waals surface area contributed by atoms with Crippen LogP contribution in [0, 0.1) is 0 Å². The van der Waals surface area contributed by atoms with Crippen molar-refractivity contribution in [2.24, 2.45) is 0 Å². The second-order valence-electron chi connectivity index (χ2n) is 4.26. The molecule has 1 N–H and O–H groups in total. The zero-order chi connectivity index (χ0) is 14.5. The summed E-state index contributed by atoms with van der Waals surface area (Å²) in [6, 6.07) is 9.53. The summed E-state index contributed by atoms with van der Waals surface area (Å²) in [5.41, 5.74) is 1.97. The Kier molecular flexibility index (Phi) is 4.20. The van der Waals surface area contributed by atoms with E-state index in [-0.39, 0.29) is 11.7 Å². The van der Waals surface area contributed by atoms with Crippen LogP contribution in [0.25, 0.3) is 0 Å². The van der Waals surface area contributed by atoms with Crippen molar-refractivity contribution in [1.82, 2.24) is 5.32 Å². The molecular formula is C15H15NO4. The Morgan fingerprint density at radius 3 is 2.65 bits per heavy atom. The average Bonchev–Trinajstić information content (AvgIpc) is 2.72. The van der Waals surface area contributed by atoms with Gasteiger partial charge >= 0.3 is 5.97 Å². The lowest BCUT2D eigenvalue weighted by atomic mass is 10.2. The molecule has 5 heteroatoms. The Morgan fingerprint density at radius 1 is 1.30 bits per heavy atom. The number of esters is 1. The first-order chi connectivity index (χ1) is 9.61. The summed E-state index contributed by atoms with van der Waals surface area (Å²) < 4.78 is 10.1. The summed E-state index contributed by atoms with van der Waals surface area (Å²) in [6.07, 6.45) is 1.23. The Morgan fingerprint density at radius 2 is 2.00 bits per heavy atom. The standard InChI is InChI=1S/C15H15NO4/c1-10-12(8-13(17)19-2)16-15(18)14(10)20-9-11-6-4-3-5-7-11/h3-8H,9H2,1-2H3,(H,16,18)/b12-8-. The number of hydrogen-bond donors (Lipinski definition) is 1. The number of amides is 1. The minimum atomic E-state index is -0.524. The lowest BCUT2D eigenvalue weighted by Gasteiger charge is -2.05. The Hall–Kier alpha value is -2.56. The number of rotatable bonds is 4. The van der Waals surface area contributed by atoms with E-state index < -0.39 is 5.97 Å². The highest BCUT2D eigenvalue weighted by molar-refractivity contribution is 6.00. The highest BCUT2D eigenvalue weighted by atomic mass is 16.5. The van der Waals surface area contributed by atoms with Gasteiger partial charge in [-0.3, -0.25) is 4.79 Å². The monoisotopic (exact) mass is 273 g/mol. The minimum Gasteiger partial charge on any atom is -0.483 e. The molecule has 104 valence electrons. The maximum Gasteiger partial charge on any atom is 0.332 e. The van der Waals surface area contributed by atoms with E-state index in [4.69, 9.17) is 4.74 Å². The number of benzene rings is 1. The molecule has 1 heterocycles. The summed E-state index contributed by atoms with van der Waals surface area (Å²) >= 11 is 0. The largest absolute Gasteiger partial charge is 0.483 e. The van der Waals surface area contributed by atoms with Gasteiger partial charge in [0.25, 0.3) is 5.91 Å². The zero-order valence-electron chi connectivity index (χ0n) is 11.3. The first kappa shape index (κ1) is 13.9. The number of allylic oxidation sites excluding steroid dienone is 1. The van der Waals surface area contributed by atoms with E-state index >= 15 is 0 Å². The van der Waals surface area contributed by atoms with Gasteiger partial charge in [0.2, 0.25) is 0 Å². The number of ether oxygens (including phenoxy) is 2. The predicted molar refractivity (Wildman–Crippen MR) is 72.2 cm³/mol. The van der Waals surface area contributed by atoms with Gasteiger partial charge in [-0.1, -0.05) is 30.3 Å². The fraction of sp³-hybridized carbons (Fsp3) is 0.200. The molecule has 0 radical (unpaired) electrons. The Balaban J connectivity index is 2.12. The van der Waals surface area contributed by atoms with Crippen LogP contribution < -0.4 is 5.32 Å². The second kappa shape index (κ2) is 6.06. The molecule has 1 aromatic rings. The topological polar surface area (TPSA) is 64.6 Å². The van der Waals surface area contributed by atoms with Gasteiger partial charge in [0.05, 0.1) is 12.8 Å². The maximum absolute atomic E-state index is 11.8. The molecule has 1 aliphatic heterocycles. The van der Waals surface area contributed by atoms with Gasteiger partial charge in [0.1, 0.15) is 6.61 Å². The molecule has 0 atom stereocenters. The van der Waals surface area contributed by atoms with E-state index in [1.54, 1.807) is 6.92 Å². The fourth-order valence-electron chi connectivity index (χ4n) is 1.79. The number of methoxy groups -OCH3 is 1. The molecule has 0 spiro atoms. The second-order valence-corrected chi connectivity index (χ2v) is 4.26. The van der Waals surface area contributed by atoms with Crippen molar-refractivity contribution in [2.45, 2.75) is 13.5 Å². The molecule has 0 aromatic heterocycles. The molecule has 5 nitrogen and oxygen atoms in total. The number of carbonyl (C=O) groups is 2. The summed E-state index contributed by atoms with van der Waals surface area (Å²) in [5, 5.41) is 2.58. The Bertz CT molecular complexity index is 587. The van der Waals surface area contributed by atoms with Gasteiger partial charge in [-0.05, 0) is 12.5 Å². The highest BCUT2D eigenvalue weighted by Crippen LogP contribution is 2.22. The molecule has 0 fully saturated rings. The number of carbonyl (C=O) groups excluding carboxylic acids is 2. The van der Waals surface area contributed by atoms with Crippen molar-refractivity contribution < 1.29 is 19.1 Å². The summed E-state index contributed by atoms with van der Waals surface area (Å²) in [6.45, 7) is 2.01. The summed E-state index contributed by atoms with van der Waals surface area (Å²) in [7, 11) is 1.28. The fourth-order valence-corrected chi connectivity index (χ4v) is 1.79. The average molecular weight is 273 g/mol. The van der Waals surface area contributed by atoms with Crippen molar-refractivity contribution in [2.75, 3.05) is 7.11 Å². The van der Waals surface area contributed by atoms with Gasteiger partial charge in [-0.15, -0.1) is 0 Å². The van der Waals surface area contributed by atoms with E-state index in [1.165, 1.54) is 13.2 Å². The van der Waals surface area contributed by atoms with Crippen LogP contribution in [0.5, 0.6) is 0 Å². The molecule has 20 heavy (non-hydrogen) atoms. The quantitative estimate of drug-likeness (QED) is 0.669. The Labute approximate surface area is 116 Å². The predicted octanol–water partition coefficient (Wildman–Crippen LogP) is 1.66. The third kappa shape index (κ3) is 3.06. The molecule has 1 aliphatic rings. The van der Waals surface area contributed by atoms with Gasteiger partial charge in [-0.25, -0.2) is 4.79 Å². The molecule has 0 aliphatic carbocycles. The molecule has 2 rings (SSSR count). The first-order valence-corrected chi connectivity index (χ1v) is 6.11. The van der Waals surface area contributed by atoms with Crippen LogP contribution >= 0.6 is 0 Å². The van der Waals surface area contributed by atoms with Crippen LogP contribution in [0.1, 0.15) is 12.5 Å². The van der Waals surface area contributed by atoms with Crippen LogP contribution in [0.15, 0.2) is 53.4 Å². The molecule has 0 saturated carbocycles. The van der Waals surface area contributed by atoms with Crippen molar-refractivity contribution in [3.8, 4) is 0 Å². The smallest absolute Gasteiger partial charge is 0.332 e. The van der Waals surface area contributed by atoms with E-state index in [2.05, 4.69) is 10.1 Å². The van der Waals surface area contributed by atoms with Crippen molar-refractivity contribution in [1.29, 1.82) is 0 Å². The van der Waals surface area contributed by atoms with Crippen molar-refractivity contribution in [3.63, 3.8) is 0 Å². The molecule has 0 saturated heterocycles. The van der Waals surface area contributed by atoms with Crippen LogP contribution in [-0.2, 0) is 25.7 Å². The van der Waals surface area contributed by atoms with Crippen LogP contribution in [0.2, 0.25) is 0 Å².